The van der Waals surface area contributed by atoms with Crippen LogP contribution in [0.15, 0.2) is 200 Å². The molecule has 2 aliphatic rings. The van der Waals surface area contributed by atoms with Crippen LogP contribution in [0.25, 0.3) is 75.8 Å². The van der Waals surface area contributed by atoms with E-state index < -0.39 is 0 Å². The lowest BCUT2D eigenvalue weighted by atomic mass is 9.82. The van der Waals surface area contributed by atoms with Crippen LogP contribution < -0.4 is 4.90 Å². The molecule has 1 aromatic heterocycles. The van der Waals surface area contributed by atoms with Gasteiger partial charge < -0.3 is 4.90 Å². The summed E-state index contributed by atoms with van der Waals surface area (Å²) in [6.45, 7) is 9.42. The molecule has 0 N–H and O–H groups in total. The molecule has 2 heteroatoms. The molecular weight excluding hydrogens is 767 g/mol. The molecule has 0 radical (unpaired) electrons. The molecule has 0 spiro atoms. The molecule has 0 saturated heterocycles. The largest absolute Gasteiger partial charge is 0.310 e. The van der Waals surface area contributed by atoms with Crippen LogP contribution in [-0.2, 0) is 10.8 Å². The fourth-order valence-electron chi connectivity index (χ4n) is 10.7. The first kappa shape index (κ1) is 36.8. The van der Waals surface area contributed by atoms with Gasteiger partial charge in [0.15, 0.2) is 0 Å². The molecule has 12 rings (SSSR count). The lowest BCUT2D eigenvalue weighted by Crippen LogP contribution is -2.16. The van der Waals surface area contributed by atoms with Crippen molar-refractivity contribution in [3.63, 3.8) is 0 Å². The summed E-state index contributed by atoms with van der Waals surface area (Å²) in [5.74, 6) is 0. The van der Waals surface area contributed by atoms with E-state index in [4.69, 9.17) is 0 Å². The highest BCUT2D eigenvalue weighted by atomic mass is 32.1. The Balaban J connectivity index is 0.963. The normalized spacial score (nSPS) is 14.1. The van der Waals surface area contributed by atoms with Crippen LogP contribution in [0.1, 0.15) is 49.9 Å². The minimum Gasteiger partial charge on any atom is -0.310 e. The third kappa shape index (κ3) is 5.60. The maximum Gasteiger partial charge on any atom is 0.0467 e. The topological polar surface area (TPSA) is 3.24 Å². The van der Waals surface area contributed by atoms with Crippen molar-refractivity contribution in [2.75, 3.05) is 4.90 Å². The van der Waals surface area contributed by atoms with E-state index in [1.54, 1.807) is 0 Å². The van der Waals surface area contributed by atoms with E-state index in [2.05, 4.69) is 233 Å². The van der Waals surface area contributed by atoms with Crippen LogP contribution in [0.3, 0.4) is 0 Å². The summed E-state index contributed by atoms with van der Waals surface area (Å²) in [6.07, 6.45) is 0. The SMILES string of the molecule is CC1(C)c2ccccc2-c2cc(-c3cccc(-c4cccc(N(c5ccc(-c6cccc7sc8ccccc8c67)cc5)c5ccc6c(c5)C(C)(C)c5ccccc5-6)c4)c3)ccc21. The van der Waals surface area contributed by atoms with Crippen molar-refractivity contribution in [1.82, 2.24) is 0 Å². The zero-order valence-electron chi connectivity index (χ0n) is 35.4. The first-order valence-electron chi connectivity index (χ1n) is 21.7. The smallest absolute Gasteiger partial charge is 0.0467 e. The fourth-order valence-corrected chi connectivity index (χ4v) is 11.8. The van der Waals surface area contributed by atoms with E-state index in [1.807, 2.05) is 11.3 Å². The number of benzene rings is 9. The number of nitrogens with zero attached hydrogens (tertiary/aromatic N) is 1. The Morgan fingerprint density at radius 3 is 1.61 bits per heavy atom. The highest BCUT2D eigenvalue weighted by molar-refractivity contribution is 7.25. The maximum atomic E-state index is 2.44. The molecule has 9 aromatic carbocycles. The standard InChI is InChI=1S/C60H45NS/c1-59(2)53-23-9-6-19-48(53)51-36-42(28-33-54(51)59)40-15-11-14-39(34-40)41-16-12-17-44(35-41)61(45-31-32-49-47-18-5-8-22-52(47)60(3,4)55(49)37-45)43-29-26-38(27-30-43)46-21-13-25-57-58(46)50-20-7-10-24-56(50)62-57/h5-37H,1-4H3. The Labute approximate surface area is 368 Å². The van der Waals surface area contributed by atoms with Gasteiger partial charge in [-0.2, -0.15) is 0 Å². The highest BCUT2D eigenvalue weighted by Gasteiger charge is 2.37. The summed E-state index contributed by atoms with van der Waals surface area (Å²) in [5.41, 5.74) is 21.5. The van der Waals surface area contributed by atoms with E-state index in [9.17, 15) is 0 Å². The van der Waals surface area contributed by atoms with Crippen LogP contribution in [0, 0.1) is 0 Å². The Hall–Kier alpha value is -7.00. The van der Waals surface area contributed by atoms with Gasteiger partial charge in [-0.15, -0.1) is 11.3 Å². The summed E-state index contributed by atoms with van der Waals surface area (Å²) < 4.78 is 2.65. The van der Waals surface area contributed by atoms with Crippen LogP contribution >= 0.6 is 11.3 Å². The van der Waals surface area contributed by atoms with E-state index in [1.165, 1.54) is 98.1 Å². The number of rotatable bonds is 6. The Kier molecular flexibility index (Phi) is 8.17. The summed E-state index contributed by atoms with van der Waals surface area (Å²) >= 11 is 1.87. The van der Waals surface area contributed by atoms with Gasteiger partial charge in [-0.3, -0.25) is 0 Å². The van der Waals surface area contributed by atoms with Crippen molar-refractivity contribution in [2.24, 2.45) is 0 Å². The highest BCUT2D eigenvalue weighted by Crippen LogP contribution is 2.52. The number of thiophene rings is 1. The molecular formula is C60H45NS. The molecule has 0 fully saturated rings. The minimum absolute atomic E-state index is 0.00947. The number of fused-ring (bicyclic) bond motifs is 9. The fraction of sp³-hybridized carbons (Fsp3) is 0.100. The Morgan fingerprint density at radius 2 is 0.839 bits per heavy atom. The predicted octanol–water partition coefficient (Wildman–Crippen LogP) is 17.1. The van der Waals surface area contributed by atoms with Crippen molar-refractivity contribution >= 4 is 48.6 Å². The molecule has 0 aliphatic heterocycles. The Morgan fingerprint density at radius 1 is 0.323 bits per heavy atom. The van der Waals surface area contributed by atoms with Gasteiger partial charge in [0, 0.05) is 48.1 Å². The zero-order chi connectivity index (χ0) is 41.7. The third-order valence-corrected chi connectivity index (χ3v) is 15.0. The minimum atomic E-state index is -0.114. The molecule has 1 nitrogen and oxygen atoms in total. The lowest BCUT2D eigenvalue weighted by molar-refractivity contribution is 0.660. The van der Waals surface area contributed by atoms with Gasteiger partial charge in [0.25, 0.3) is 0 Å². The van der Waals surface area contributed by atoms with Gasteiger partial charge in [-0.1, -0.05) is 167 Å². The summed E-state index contributed by atoms with van der Waals surface area (Å²) in [4.78, 5) is 2.44. The number of hydrogen-bond donors (Lipinski definition) is 0. The summed E-state index contributed by atoms with van der Waals surface area (Å²) in [7, 11) is 0. The first-order valence-corrected chi connectivity index (χ1v) is 22.6. The molecule has 0 unspecified atom stereocenters. The second kappa shape index (κ2) is 13.8. The predicted molar refractivity (Wildman–Crippen MR) is 265 cm³/mol. The average molecular weight is 812 g/mol. The van der Waals surface area contributed by atoms with Gasteiger partial charge in [0.1, 0.15) is 0 Å². The zero-order valence-corrected chi connectivity index (χ0v) is 36.2. The van der Waals surface area contributed by atoms with Crippen LogP contribution in [0.2, 0.25) is 0 Å². The molecule has 296 valence electrons. The molecule has 0 saturated carbocycles. The molecule has 2 aliphatic carbocycles. The molecule has 0 atom stereocenters. The van der Waals surface area contributed by atoms with Gasteiger partial charge in [-0.05, 0) is 139 Å². The second-order valence-electron chi connectivity index (χ2n) is 18.1. The van der Waals surface area contributed by atoms with Gasteiger partial charge in [0.2, 0.25) is 0 Å². The van der Waals surface area contributed by atoms with Gasteiger partial charge >= 0.3 is 0 Å². The second-order valence-corrected chi connectivity index (χ2v) is 19.2. The van der Waals surface area contributed by atoms with E-state index in [0.29, 0.717) is 0 Å². The van der Waals surface area contributed by atoms with E-state index in [-0.39, 0.29) is 10.8 Å². The maximum absolute atomic E-state index is 2.44. The number of hydrogen-bond acceptors (Lipinski definition) is 2. The monoisotopic (exact) mass is 811 g/mol. The van der Waals surface area contributed by atoms with Gasteiger partial charge in [-0.25, -0.2) is 0 Å². The molecule has 1 heterocycles. The van der Waals surface area contributed by atoms with Crippen molar-refractivity contribution in [3.8, 4) is 55.6 Å². The molecule has 62 heavy (non-hydrogen) atoms. The first-order chi connectivity index (χ1) is 30.2. The van der Waals surface area contributed by atoms with Crippen LogP contribution in [0.4, 0.5) is 17.1 Å². The summed E-state index contributed by atoms with van der Waals surface area (Å²) in [6, 6.07) is 74.8. The third-order valence-electron chi connectivity index (χ3n) is 13.9. The van der Waals surface area contributed by atoms with Crippen molar-refractivity contribution in [1.29, 1.82) is 0 Å². The summed E-state index contributed by atoms with van der Waals surface area (Å²) in [5, 5.41) is 2.66. The number of anilines is 3. The van der Waals surface area contributed by atoms with E-state index >= 15 is 0 Å². The van der Waals surface area contributed by atoms with Gasteiger partial charge in [0.05, 0.1) is 0 Å². The van der Waals surface area contributed by atoms with Crippen LogP contribution in [0.5, 0.6) is 0 Å². The van der Waals surface area contributed by atoms with Crippen molar-refractivity contribution in [3.05, 3.63) is 222 Å². The van der Waals surface area contributed by atoms with Crippen LogP contribution in [-0.4, -0.2) is 0 Å². The molecule has 10 aromatic rings. The molecule has 0 amide bonds. The Bertz CT molecular complexity index is 3420. The quantitative estimate of drug-likeness (QED) is 0.162. The molecule has 0 bridgehead atoms. The van der Waals surface area contributed by atoms with E-state index in [0.717, 1.165) is 17.1 Å². The average Bonchev–Trinajstić information content (AvgIpc) is 3.89. The van der Waals surface area contributed by atoms with Crippen molar-refractivity contribution in [2.45, 2.75) is 38.5 Å². The lowest BCUT2D eigenvalue weighted by Gasteiger charge is -2.28. The van der Waals surface area contributed by atoms with Crippen molar-refractivity contribution < 1.29 is 0 Å².